The van der Waals surface area contributed by atoms with Crippen LogP contribution in [-0.2, 0) is 0 Å². The van der Waals surface area contributed by atoms with Crippen LogP contribution in [0.3, 0.4) is 0 Å². The van der Waals surface area contributed by atoms with E-state index in [1.807, 2.05) is 22.6 Å². The number of phenols is 1. The lowest BCUT2D eigenvalue weighted by Gasteiger charge is -2.06. The van der Waals surface area contributed by atoms with Gasteiger partial charge in [-0.2, -0.15) is 5.10 Å². The van der Waals surface area contributed by atoms with E-state index in [1.165, 1.54) is 12.3 Å². The van der Waals surface area contributed by atoms with Crippen LogP contribution >= 0.6 is 34.8 Å². The molecule has 0 fully saturated rings. The average molecular weight is 388 g/mol. The van der Waals surface area contributed by atoms with E-state index in [0.717, 1.165) is 0 Å². The molecule has 0 aliphatic rings. The first-order valence-electron chi connectivity index (χ1n) is 5.12. The van der Waals surface area contributed by atoms with Crippen LogP contribution in [0.4, 0.5) is 5.82 Å². The van der Waals surface area contributed by atoms with Crippen LogP contribution in [0.15, 0.2) is 24.4 Å². The number of halogens is 1. The maximum Gasteiger partial charge on any atom is 0.256 e. The second-order valence-corrected chi connectivity index (χ2v) is 5.25. The molecule has 8 heteroatoms. The standard InChI is InChI=1S/C11H9IN4O2S/c12-7-2-1-5(3-8(7)17)11(18)15-10-6(9(13)19)4-14-16-10/h1-4,17H,(H2,13,19)(H2,14,15,16,18). The Balaban J connectivity index is 2.23. The van der Waals surface area contributed by atoms with Gasteiger partial charge in [-0.25, -0.2) is 0 Å². The van der Waals surface area contributed by atoms with Crippen LogP contribution in [-0.4, -0.2) is 26.2 Å². The number of amides is 1. The molecule has 1 aromatic heterocycles. The van der Waals surface area contributed by atoms with Gasteiger partial charge in [0.2, 0.25) is 0 Å². The summed E-state index contributed by atoms with van der Waals surface area (Å²) in [6, 6.07) is 4.63. The maximum absolute atomic E-state index is 12.0. The largest absolute Gasteiger partial charge is 0.507 e. The molecule has 0 bridgehead atoms. The number of thiocarbonyl (C=S) groups is 1. The molecule has 0 saturated carbocycles. The van der Waals surface area contributed by atoms with E-state index in [2.05, 4.69) is 15.5 Å². The molecule has 0 radical (unpaired) electrons. The number of benzene rings is 1. The number of rotatable bonds is 3. The van der Waals surface area contributed by atoms with Crippen LogP contribution in [0.25, 0.3) is 0 Å². The lowest BCUT2D eigenvalue weighted by molar-refractivity contribution is 0.102. The number of nitrogens with two attached hydrogens (primary N) is 1. The summed E-state index contributed by atoms with van der Waals surface area (Å²) >= 11 is 6.81. The van der Waals surface area contributed by atoms with Crippen LogP contribution in [0.1, 0.15) is 15.9 Å². The Kier molecular flexibility index (Phi) is 4.00. The number of hydrogen-bond acceptors (Lipinski definition) is 4. The Bertz CT molecular complexity index is 656. The quantitative estimate of drug-likeness (QED) is 0.473. The topological polar surface area (TPSA) is 104 Å². The van der Waals surface area contributed by atoms with Gasteiger partial charge in [0, 0.05) is 5.56 Å². The van der Waals surface area contributed by atoms with Crippen LogP contribution in [0.5, 0.6) is 5.75 Å². The Morgan fingerprint density at radius 1 is 1.53 bits per heavy atom. The SMILES string of the molecule is NC(=S)c1cn[nH]c1NC(=O)c1ccc(I)c(O)c1. The highest BCUT2D eigenvalue weighted by Crippen LogP contribution is 2.21. The van der Waals surface area contributed by atoms with Crippen molar-refractivity contribution in [3.63, 3.8) is 0 Å². The van der Waals surface area contributed by atoms with Crippen molar-refractivity contribution in [2.45, 2.75) is 0 Å². The van der Waals surface area contributed by atoms with E-state index >= 15 is 0 Å². The molecule has 0 aliphatic carbocycles. The van der Waals surface area contributed by atoms with Crippen LogP contribution in [0, 0.1) is 3.57 Å². The van der Waals surface area contributed by atoms with E-state index < -0.39 is 5.91 Å². The fourth-order valence-corrected chi connectivity index (χ4v) is 1.90. The second-order valence-electron chi connectivity index (χ2n) is 3.64. The number of carbonyl (C=O) groups is 1. The Morgan fingerprint density at radius 3 is 2.89 bits per heavy atom. The molecule has 19 heavy (non-hydrogen) atoms. The van der Waals surface area contributed by atoms with E-state index in [4.69, 9.17) is 18.0 Å². The summed E-state index contributed by atoms with van der Waals surface area (Å²) in [6.07, 6.45) is 1.43. The van der Waals surface area contributed by atoms with Crippen LogP contribution in [0.2, 0.25) is 0 Å². The molecular weight excluding hydrogens is 379 g/mol. The number of aromatic nitrogens is 2. The van der Waals surface area contributed by atoms with Gasteiger partial charge in [-0.1, -0.05) is 12.2 Å². The summed E-state index contributed by atoms with van der Waals surface area (Å²) < 4.78 is 0.666. The van der Waals surface area contributed by atoms with Crippen molar-refractivity contribution in [3.8, 4) is 5.75 Å². The fourth-order valence-electron chi connectivity index (χ4n) is 1.41. The number of phenolic OH excluding ortho intramolecular Hbond substituents is 1. The summed E-state index contributed by atoms with van der Waals surface area (Å²) in [7, 11) is 0. The van der Waals surface area contributed by atoms with Crippen molar-refractivity contribution < 1.29 is 9.90 Å². The molecule has 1 heterocycles. The van der Waals surface area contributed by atoms with E-state index in [1.54, 1.807) is 12.1 Å². The number of nitrogens with zero attached hydrogens (tertiary/aromatic N) is 1. The lowest BCUT2D eigenvalue weighted by Crippen LogP contribution is -2.17. The predicted octanol–water partition coefficient (Wildman–Crippen LogP) is 1.61. The third kappa shape index (κ3) is 3.01. The molecule has 5 N–H and O–H groups in total. The highest BCUT2D eigenvalue weighted by molar-refractivity contribution is 14.1. The normalized spacial score (nSPS) is 10.2. The molecule has 2 rings (SSSR count). The van der Waals surface area contributed by atoms with Crippen molar-refractivity contribution in [1.82, 2.24) is 10.2 Å². The van der Waals surface area contributed by atoms with Gasteiger partial charge in [0.15, 0.2) is 0 Å². The molecule has 0 unspecified atom stereocenters. The number of H-pyrrole nitrogens is 1. The van der Waals surface area contributed by atoms with Crippen molar-refractivity contribution in [2.75, 3.05) is 5.32 Å². The molecule has 6 nitrogen and oxygen atoms in total. The third-order valence-corrected chi connectivity index (χ3v) is 3.48. The first-order valence-corrected chi connectivity index (χ1v) is 6.61. The van der Waals surface area contributed by atoms with Gasteiger partial charge < -0.3 is 16.2 Å². The minimum Gasteiger partial charge on any atom is -0.507 e. The summed E-state index contributed by atoms with van der Waals surface area (Å²) in [5.74, 6) is -0.0172. The smallest absolute Gasteiger partial charge is 0.256 e. The number of hydrogen-bond donors (Lipinski definition) is 4. The zero-order chi connectivity index (χ0) is 14.0. The maximum atomic E-state index is 12.0. The molecule has 2 aromatic rings. The average Bonchev–Trinajstić information content (AvgIpc) is 2.80. The number of nitrogens with one attached hydrogen (secondary N) is 2. The minimum absolute atomic E-state index is 0.0485. The summed E-state index contributed by atoms with van der Waals surface area (Å²) in [6.45, 7) is 0. The monoisotopic (exact) mass is 388 g/mol. The van der Waals surface area contributed by atoms with E-state index in [9.17, 15) is 9.90 Å². The molecular formula is C11H9IN4O2S. The molecule has 0 saturated heterocycles. The van der Waals surface area contributed by atoms with Crippen molar-refractivity contribution in [2.24, 2.45) is 5.73 Å². The second kappa shape index (κ2) is 5.53. The van der Waals surface area contributed by atoms with E-state index in [0.29, 0.717) is 20.5 Å². The molecule has 0 aliphatic heterocycles. The van der Waals surface area contributed by atoms with Crippen molar-refractivity contribution in [1.29, 1.82) is 0 Å². The lowest BCUT2D eigenvalue weighted by atomic mass is 10.2. The molecule has 1 amide bonds. The summed E-state index contributed by atoms with van der Waals surface area (Å²) in [4.78, 5) is 12.1. The summed E-state index contributed by atoms with van der Waals surface area (Å²) in [5, 5.41) is 18.5. The van der Waals surface area contributed by atoms with Gasteiger partial charge in [-0.05, 0) is 40.8 Å². The Labute approximate surface area is 127 Å². The summed E-state index contributed by atoms with van der Waals surface area (Å²) in [5.41, 5.74) is 6.27. The van der Waals surface area contributed by atoms with Crippen molar-refractivity contribution in [3.05, 3.63) is 39.1 Å². The number of anilines is 1. The zero-order valence-electron chi connectivity index (χ0n) is 9.48. The molecule has 98 valence electrons. The highest BCUT2D eigenvalue weighted by atomic mass is 127. The Hall–Kier alpha value is -1.68. The van der Waals surface area contributed by atoms with Gasteiger partial charge >= 0.3 is 0 Å². The van der Waals surface area contributed by atoms with Crippen LogP contribution < -0.4 is 11.1 Å². The Morgan fingerprint density at radius 2 is 2.26 bits per heavy atom. The minimum atomic E-state index is -0.395. The fraction of sp³-hybridized carbons (Fsp3) is 0. The van der Waals surface area contributed by atoms with Gasteiger partial charge in [-0.15, -0.1) is 0 Å². The first-order chi connectivity index (χ1) is 8.99. The molecule has 0 spiro atoms. The van der Waals surface area contributed by atoms with E-state index in [-0.39, 0.29) is 10.7 Å². The van der Waals surface area contributed by atoms with Gasteiger partial charge in [-0.3, -0.25) is 9.89 Å². The van der Waals surface area contributed by atoms with Gasteiger partial charge in [0.05, 0.1) is 15.3 Å². The highest BCUT2D eigenvalue weighted by Gasteiger charge is 2.13. The van der Waals surface area contributed by atoms with Gasteiger partial charge in [0.1, 0.15) is 16.6 Å². The number of aromatic amines is 1. The third-order valence-electron chi connectivity index (χ3n) is 2.35. The molecule has 0 atom stereocenters. The number of carbonyl (C=O) groups excluding carboxylic acids is 1. The zero-order valence-corrected chi connectivity index (χ0v) is 12.4. The predicted molar refractivity (Wildman–Crippen MR) is 83.3 cm³/mol. The first kappa shape index (κ1) is 13.7. The van der Waals surface area contributed by atoms with Crippen molar-refractivity contribution >= 4 is 51.5 Å². The number of aromatic hydroxyl groups is 1. The molecule has 1 aromatic carbocycles. The van der Waals surface area contributed by atoms with Gasteiger partial charge in [0.25, 0.3) is 5.91 Å².